The van der Waals surface area contributed by atoms with E-state index in [-0.39, 0.29) is 6.61 Å². The number of rotatable bonds is 4. The van der Waals surface area contributed by atoms with Crippen molar-refractivity contribution in [2.75, 3.05) is 27.7 Å². The minimum Gasteiger partial charge on any atom is -0.396 e. The van der Waals surface area contributed by atoms with Crippen molar-refractivity contribution in [2.45, 2.75) is 13.3 Å². The molecule has 0 amide bonds. The molecule has 0 radical (unpaired) electrons. The van der Waals surface area contributed by atoms with E-state index in [1.165, 1.54) is 5.57 Å². The van der Waals surface area contributed by atoms with Gasteiger partial charge < -0.3 is 15.3 Å². The molecule has 11 heavy (non-hydrogen) atoms. The van der Waals surface area contributed by atoms with Gasteiger partial charge >= 0.3 is 0 Å². The molecular weight excluding hydrogens is 140 g/mol. The van der Waals surface area contributed by atoms with Crippen LogP contribution < -0.4 is 5.32 Å². The zero-order valence-corrected chi connectivity index (χ0v) is 7.81. The highest BCUT2D eigenvalue weighted by molar-refractivity contribution is 5.07. The predicted molar refractivity (Wildman–Crippen MR) is 47.1 cm³/mol. The van der Waals surface area contributed by atoms with Crippen LogP contribution in [0.4, 0.5) is 0 Å². The summed E-state index contributed by atoms with van der Waals surface area (Å²) >= 11 is 0. The third-order valence-corrected chi connectivity index (χ3v) is 1.58. The predicted octanol–water partition coefficient (Wildman–Crippen LogP) is 0.381. The van der Waals surface area contributed by atoms with Crippen molar-refractivity contribution in [1.82, 2.24) is 10.2 Å². The summed E-state index contributed by atoms with van der Waals surface area (Å²) in [5.41, 5.74) is 1.18. The Morgan fingerprint density at radius 1 is 1.45 bits per heavy atom. The molecule has 0 heterocycles. The molecule has 0 aliphatic carbocycles. The van der Waals surface area contributed by atoms with Crippen molar-refractivity contribution < 1.29 is 5.11 Å². The summed E-state index contributed by atoms with van der Waals surface area (Å²) in [5.74, 6) is 1.08. The number of aliphatic hydroxyl groups excluding tert-OH is 1. The highest BCUT2D eigenvalue weighted by Crippen LogP contribution is 2.06. The van der Waals surface area contributed by atoms with Gasteiger partial charge in [-0.1, -0.05) is 0 Å². The highest BCUT2D eigenvalue weighted by atomic mass is 16.2. The first-order chi connectivity index (χ1) is 5.13. The molecule has 3 nitrogen and oxygen atoms in total. The molecule has 2 N–H and O–H groups in total. The molecule has 0 fully saturated rings. The van der Waals surface area contributed by atoms with E-state index in [2.05, 4.69) is 5.32 Å². The van der Waals surface area contributed by atoms with E-state index in [1.54, 1.807) is 0 Å². The topological polar surface area (TPSA) is 35.5 Å². The Morgan fingerprint density at radius 2 is 2.00 bits per heavy atom. The fraction of sp³-hybridized carbons (Fsp3) is 0.750. The molecule has 0 saturated heterocycles. The van der Waals surface area contributed by atoms with Gasteiger partial charge in [0.05, 0.1) is 5.82 Å². The Morgan fingerprint density at radius 3 is 2.27 bits per heavy atom. The molecule has 0 aromatic heterocycles. The van der Waals surface area contributed by atoms with Crippen LogP contribution in [0, 0.1) is 0 Å². The molecule has 0 aliphatic heterocycles. The second kappa shape index (κ2) is 5.02. The first-order valence-corrected chi connectivity index (χ1v) is 3.79. The number of nitrogens with zero attached hydrogens (tertiary/aromatic N) is 1. The van der Waals surface area contributed by atoms with Gasteiger partial charge in [0, 0.05) is 27.7 Å². The molecule has 0 spiro atoms. The molecule has 0 aromatic carbocycles. The monoisotopic (exact) mass is 158 g/mol. The largest absolute Gasteiger partial charge is 0.396 e. The lowest BCUT2D eigenvalue weighted by molar-refractivity contribution is 0.296. The Bertz CT molecular complexity index is 141. The zero-order chi connectivity index (χ0) is 8.85. The minimum atomic E-state index is 0.213. The van der Waals surface area contributed by atoms with E-state index in [9.17, 15) is 0 Å². The molecule has 3 heteroatoms. The highest BCUT2D eigenvalue weighted by Gasteiger charge is 2.00. The van der Waals surface area contributed by atoms with E-state index >= 15 is 0 Å². The van der Waals surface area contributed by atoms with Gasteiger partial charge in [-0.05, 0) is 18.9 Å². The molecule has 0 saturated carbocycles. The SMILES string of the molecule is CNC(=C(C)CCO)N(C)C. The van der Waals surface area contributed by atoms with Gasteiger partial charge in [0.15, 0.2) is 0 Å². The second-order valence-corrected chi connectivity index (χ2v) is 2.75. The van der Waals surface area contributed by atoms with Crippen LogP contribution in [-0.4, -0.2) is 37.8 Å². The maximum Gasteiger partial charge on any atom is 0.0994 e. The standard InChI is InChI=1S/C8H18N2O/c1-7(5-6-11)8(9-2)10(3)4/h9,11H,5-6H2,1-4H3. The normalized spacial score (nSPS) is 12.5. The Balaban J connectivity index is 4.27. The van der Waals surface area contributed by atoms with Crippen molar-refractivity contribution in [3.05, 3.63) is 11.4 Å². The summed E-state index contributed by atoms with van der Waals surface area (Å²) in [6.07, 6.45) is 0.731. The molecule has 0 bridgehead atoms. The van der Waals surface area contributed by atoms with Crippen LogP contribution in [0.2, 0.25) is 0 Å². The Labute approximate surface area is 68.7 Å². The fourth-order valence-corrected chi connectivity index (χ4v) is 1.10. The van der Waals surface area contributed by atoms with Crippen LogP contribution in [0.25, 0.3) is 0 Å². The molecule has 0 atom stereocenters. The van der Waals surface area contributed by atoms with Crippen molar-refractivity contribution in [1.29, 1.82) is 0 Å². The van der Waals surface area contributed by atoms with Gasteiger partial charge in [0.1, 0.15) is 0 Å². The molecule has 0 aromatic rings. The lowest BCUT2D eigenvalue weighted by atomic mass is 10.2. The minimum absolute atomic E-state index is 0.213. The third kappa shape index (κ3) is 3.28. The van der Waals surface area contributed by atoms with Crippen LogP contribution in [-0.2, 0) is 0 Å². The zero-order valence-electron chi connectivity index (χ0n) is 7.81. The van der Waals surface area contributed by atoms with Gasteiger partial charge in [-0.25, -0.2) is 0 Å². The van der Waals surface area contributed by atoms with Crippen LogP contribution in [0.5, 0.6) is 0 Å². The fourth-order valence-electron chi connectivity index (χ4n) is 1.10. The maximum atomic E-state index is 8.68. The lowest BCUT2D eigenvalue weighted by Gasteiger charge is -2.19. The maximum absolute atomic E-state index is 8.68. The smallest absolute Gasteiger partial charge is 0.0994 e. The number of hydrogen-bond donors (Lipinski definition) is 2. The quantitative estimate of drug-likeness (QED) is 0.621. The lowest BCUT2D eigenvalue weighted by Crippen LogP contribution is -2.24. The summed E-state index contributed by atoms with van der Waals surface area (Å²) in [6, 6.07) is 0. The number of hydrogen-bond acceptors (Lipinski definition) is 3. The first kappa shape index (κ1) is 10.3. The summed E-state index contributed by atoms with van der Waals surface area (Å²) in [4.78, 5) is 2.00. The van der Waals surface area contributed by atoms with Crippen molar-refractivity contribution in [3.63, 3.8) is 0 Å². The average molecular weight is 158 g/mol. The Kier molecular flexibility index (Phi) is 4.70. The average Bonchev–Trinajstić information content (AvgIpc) is 1.88. The van der Waals surface area contributed by atoms with Crippen molar-refractivity contribution in [2.24, 2.45) is 0 Å². The molecule has 0 aliphatic rings. The van der Waals surface area contributed by atoms with Gasteiger partial charge in [-0.2, -0.15) is 0 Å². The summed E-state index contributed by atoms with van der Waals surface area (Å²) in [7, 11) is 5.84. The van der Waals surface area contributed by atoms with Gasteiger partial charge in [-0.3, -0.25) is 0 Å². The summed E-state index contributed by atoms with van der Waals surface area (Å²) < 4.78 is 0. The van der Waals surface area contributed by atoms with E-state index in [4.69, 9.17) is 5.11 Å². The van der Waals surface area contributed by atoms with E-state index in [1.807, 2.05) is 33.0 Å². The Hall–Kier alpha value is -0.700. The number of nitrogens with one attached hydrogen (secondary N) is 1. The second-order valence-electron chi connectivity index (χ2n) is 2.75. The van der Waals surface area contributed by atoms with Gasteiger partial charge in [0.2, 0.25) is 0 Å². The summed E-state index contributed by atoms with van der Waals surface area (Å²) in [5, 5.41) is 11.8. The van der Waals surface area contributed by atoms with Crippen molar-refractivity contribution in [3.8, 4) is 0 Å². The third-order valence-electron chi connectivity index (χ3n) is 1.58. The summed E-state index contributed by atoms with van der Waals surface area (Å²) in [6.45, 7) is 2.23. The van der Waals surface area contributed by atoms with Gasteiger partial charge in [0.25, 0.3) is 0 Å². The van der Waals surface area contributed by atoms with Crippen LogP contribution in [0.3, 0.4) is 0 Å². The molecule has 0 unspecified atom stereocenters. The van der Waals surface area contributed by atoms with Crippen molar-refractivity contribution >= 4 is 0 Å². The van der Waals surface area contributed by atoms with Gasteiger partial charge in [-0.15, -0.1) is 0 Å². The first-order valence-electron chi connectivity index (χ1n) is 3.79. The van der Waals surface area contributed by atoms with E-state index in [0.29, 0.717) is 0 Å². The van der Waals surface area contributed by atoms with Crippen LogP contribution in [0.15, 0.2) is 11.4 Å². The van der Waals surface area contributed by atoms with Crippen LogP contribution >= 0.6 is 0 Å². The molecular formula is C8H18N2O. The van der Waals surface area contributed by atoms with E-state index < -0.39 is 0 Å². The van der Waals surface area contributed by atoms with Crippen LogP contribution in [0.1, 0.15) is 13.3 Å². The molecule has 66 valence electrons. The molecule has 0 rings (SSSR count). The number of aliphatic hydroxyl groups is 1. The van der Waals surface area contributed by atoms with E-state index in [0.717, 1.165) is 12.2 Å².